The molecule has 1 aromatic heterocycles. The Morgan fingerprint density at radius 1 is 1.17 bits per heavy atom. The van der Waals surface area contributed by atoms with E-state index >= 15 is 0 Å². The van der Waals surface area contributed by atoms with Gasteiger partial charge in [0.2, 0.25) is 0 Å². The van der Waals surface area contributed by atoms with Crippen molar-refractivity contribution in [1.82, 2.24) is 5.32 Å². The van der Waals surface area contributed by atoms with Crippen LogP contribution in [0, 0.1) is 5.82 Å². The second-order valence-electron chi connectivity index (χ2n) is 3.87. The van der Waals surface area contributed by atoms with E-state index in [0.717, 1.165) is 15.8 Å². The van der Waals surface area contributed by atoms with Crippen LogP contribution in [0.1, 0.15) is 17.1 Å². The maximum Gasteiger partial charge on any atom is 0.129 e. The summed E-state index contributed by atoms with van der Waals surface area (Å²) in [6.45, 7) is 0.964. The molecule has 0 fully saturated rings. The van der Waals surface area contributed by atoms with Crippen molar-refractivity contribution >= 4 is 15.9 Å². The normalized spacial score (nSPS) is 10.8. The van der Waals surface area contributed by atoms with Gasteiger partial charge in [0.05, 0.1) is 6.54 Å². The summed E-state index contributed by atoms with van der Waals surface area (Å²) in [7, 11) is 0. The van der Waals surface area contributed by atoms with Crippen molar-refractivity contribution in [3.05, 3.63) is 57.7 Å². The lowest BCUT2D eigenvalue weighted by Crippen LogP contribution is -2.12. The number of hydrogen-bond donors (Lipinski definition) is 2. The highest BCUT2D eigenvalue weighted by Gasteiger charge is 2.03. The average molecular weight is 314 g/mol. The van der Waals surface area contributed by atoms with Gasteiger partial charge in [-0.3, -0.25) is 0 Å². The van der Waals surface area contributed by atoms with Crippen molar-refractivity contribution in [1.29, 1.82) is 0 Å². The Labute approximate surface area is 113 Å². The second-order valence-corrected chi connectivity index (χ2v) is 4.72. The molecule has 2 rings (SSSR count). The molecule has 96 valence electrons. The molecule has 1 aromatic carbocycles. The van der Waals surface area contributed by atoms with E-state index in [2.05, 4.69) is 21.2 Å². The Bertz CT molecular complexity index is 527. The zero-order chi connectivity index (χ0) is 13.0. The van der Waals surface area contributed by atoms with Crippen LogP contribution in [0.25, 0.3) is 0 Å². The summed E-state index contributed by atoms with van der Waals surface area (Å²) in [6.07, 6.45) is 0. The molecule has 0 saturated carbocycles. The predicted molar refractivity (Wildman–Crippen MR) is 69.3 cm³/mol. The molecule has 0 bridgehead atoms. The smallest absolute Gasteiger partial charge is 0.129 e. The maximum atomic E-state index is 13.1. The molecule has 2 aromatic rings. The Hall–Kier alpha value is -1.17. The van der Waals surface area contributed by atoms with Crippen molar-refractivity contribution in [2.75, 3.05) is 0 Å². The van der Waals surface area contributed by atoms with E-state index in [0.29, 0.717) is 18.8 Å². The first-order valence-electron chi connectivity index (χ1n) is 5.52. The van der Waals surface area contributed by atoms with Crippen molar-refractivity contribution < 1.29 is 13.9 Å². The third-order valence-corrected chi connectivity index (χ3v) is 3.27. The van der Waals surface area contributed by atoms with Crippen LogP contribution in [-0.4, -0.2) is 5.11 Å². The van der Waals surface area contributed by atoms with Crippen LogP contribution in [0.15, 0.2) is 39.2 Å². The lowest BCUT2D eigenvalue weighted by molar-refractivity contribution is 0.242. The Balaban J connectivity index is 1.90. The van der Waals surface area contributed by atoms with Crippen LogP contribution >= 0.6 is 15.9 Å². The highest BCUT2D eigenvalue weighted by atomic mass is 79.9. The minimum absolute atomic E-state index is 0.102. The third kappa shape index (κ3) is 3.41. The van der Waals surface area contributed by atoms with E-state index in [1.54, 1.807) is 18.2 Å². The highest BCUT2D eigenvalue weighted by Crippen LogP contribution is 2.17. The molecule has 1 heterocycles. The van der Waals surface area contributed by atoms with E-state index in [1.165, 1.54) is 12.1 Å². The van der Waals surface area contributed by atoms with E-state index in [-0.39, 0.29) is 12.4 Å². The summed E-state index contributed by atoms with van der Waals surface area (Å²) in [5, 5.41) is 12.0. The van der Waals surface area contributed by atoms with E-state index in [4.69, 9.17) is 9.52 Å². The summed E-state index contributed by atoms with van der Waals surface area (Å²) >= 11 is 3.37. The summed E-state index contributed by atoms with van der Waals surface area (Å²) in [6, 6.07) is 8.11. The molecule has 0 spiro atoms. The van der Waals surface area contributed by atoms with Crippen molar-refractivity contribution in [3.63, 3.8) is 0 Å². The molecule has 2 N–H and O–H groups in total. The predicted octanol–water partition coefficient (Wildman–Crippen LogP) is 2.96. The number of hydrogen-bond acceptors (Lipinski definition) is 3. The molecule has 0 saturated heterocycles. The molecular formula is C13H13BrFNO2. The maximum absolute atomic E-state index is 13.1. The standard InChI is InChI=1S/C13H13BrFNO2/c14-13-4-1-10(15)5-9(13)6-16-7-11-2-3-12(8-17)18-11/h1-5,16-17H,6-8H2. The third-order valence-electron chi connectivity index (χ3n) is 2.50. The fraction of sp³-hybridized carbons (Fsp3) is 0.231. The van der Waals surface area contributed by atoms with Gasteiger partial charge in [-0.2, -0.15) is 0 Å². The number of nitrogens with one attached hydrogen (secondary N) is 1. The number of halogens is 2. The fourth-order valence-corrected chi connectivity index (χ4v) is 1.99. The van der Waals surface area contributed by atoms with E-state index in [9.17, 15) is 4.39 Å². The number of furan rings is 1. The van der Waals surface area contributed by atoms with Gasteiger partial charge in [0, 0.05) is 11.0 Å². The largest absolute Gasteiger partial charge is 0.462 e. The number of benzene rings is 1. The quantitative estimate of drug-likeness (QED) is 0.892. The molecular weight excluding hydrogens is 301 g/mol. The first-order chi connectivity index (χ1) is 8.69. The SMILES string of the molecule is OCc1ccc(CNCc2cc(F)ccc2Br)o1. The van der Waals surface area contributed by atoms with Gasteiger partial charge >= 0.3 is 0 Å². The summed E-state index contributed by atoms with van der Waals surface area (Å²) in [5.41, 5.74) is 0.851. The topological polar surface area (TPSA) is 45.4 Å². The van der Waals surface area contributed by atoms with Crippen molar-refractivity contribution in [2.24, 2.45) is 0 Å². The van der Waals surface area contributed by atoms with Gasteiger partial charge in [-0.1, -0.05) is 15.9 Å². The van der Waals surface area contributed by atoms with Gasteiger partial charge in [0.25, 0.3) is 0 Å². The molecule has 5 heteroatoms. The van der Waals surface area contributed by atoms with Crippen LogP contribution in [-0.2, 0) is 19.7 Å². The first-order valence-corrected chi connectivity index (χ1v) is 6.31. The van der Waals surface area contributed by atoms with Gasteiger partial charge in [-0.15, -0.1) is 0 Å². The van der Waals surface area contributed by atoms with Crippen LogP contribution in [0.4, 0.5) is 4.39 Å². The van der Waals surface area contributed by atoms with Crippen LogP contribution in [0.5, 0.6) is 0 Å². The lowest BCUT2D eigenvalue weighted by atomic mass is 10.2. The number of aliphatic hydroxyl groups is 1. The number of aliphatic hydroxyl groups excluding tert-OH is 1. The first kappa shape index (κ1) is 13.3. The van der Waals surface area contributed by atoms with Crippen molar-refractivity contribution in [3.8, 4) is 0 Å². The highest BCUT2D eigenvalue weighted by molar-refractivity contribution is 9.10. The van der Waals surface area contributed by atoms with Crippen LogP contribution < -0.4 is 5.32 Å². The molecule has 0 aliphatic heterocycles. The molecule has 0 unspecified atom stereocenters. The zero-order valence-electron chi connectivity index (χ0n) is 9.62. The molecule has 0 amide bonds. The summed E-state index contributed by atoms with van der Waals surface area (Å²) < 4.78 is 19.2. The van der Waals surface area contributed by atoms with Gasteiger partial charge in [0.1, 0.15) is 23.9 Å². The van der Waals surface area contributed by atoms with E-state index < -0.39 is 0 Å². The molecule has 0 aliphatic rings. The minimum Gasteiger partial charge on any atom is -0.462 e. The lowest BCUT2D eigenvalue weighted by Gasteiger charge is -2.05. The average Bonchev–Trinajstić information content (AvgIpc) is 2.81. The van der Waals surface area contributed by atoms with Gasteiger partial charge < -0.3 is 14.8 Å². The second kappa shape index (κ2) is 6.13. The summed E-state index contributed by atoms with van der Waals surface area (Å²) in [5.74, 6) is 1.03. The molecule has 18 heavy (non-hydrogen) atoms. The van der Waals surface area contributed by atoms with Crippen molar-refractivity contribution in [2.45, 2.75) is 19.7 Å². The van der Waals surface area contributed by atoms with E-state index in [1.807, 2.05) is 0 Å². The molecule has 3 nitrogen and oxygen atoms in total. The van der Waals surface area contributed by atoms with Crippen LogP contribution in [0.3, 0.4) is 0 Å². The van der Waals surface area contributed by atoms with Gasteiger partial charge in [0.15, 0.2) is 0 Å². The molecule has 0 atom stereocenters. The molecule has 0 radical (unpaired) electrons. The Morgan fingerprint density at radius 2 is 1.94 bits per heavy atom. The Morgan fingerprint density at radius 3 is 2.67 bits per heavy atom. The van der Waals surface area contributed by atoms with Gasteiger partial charge in [-0.25, -0.2) is 4.39 Å². The summed E-state index contributed by atoms with van der Waals surface area (Å²) in [4.78, 5) is 0. The monoisotopic (exact) mass is 313 g/mol. The fourth-order valence-electron chi connectivity index (χ4n) is 1.60. The zero-order valence-corrected chi connectivity index (χ0v) is 11.2. The Kier molecular flexibility index (Phi) is 4.52. The minimum atomic E-state index is -0.254. The van der Waals surface area contributed by atoms with Gasteiger partial charge in [-0.05, 0) is 35.9 Å². The number of rotatable bonds is 5. The molecule has 0 aliphatic carbocycles. The van der Waals surface area contributed by atoms with Crippen LogP contribution in [0.2, 0.25) is 0 Å².